The van der Waals surface area contributed by atoms with Crippen molar-refractivity contribution in [2.24, 2.45) is 5.16 Å². The molecule has 4 heteroatoms. The first kappa shape index (κ1) is 16.7. The maximum Gasteiger partial charge on any atom is 0.263 e. The molecule has 0 saturated heterocycles. The van der Waals surface area contributed by atoms with Gasteiger partial charge in [0.25, 0.3) is 5.91 Å². The summed E-state index contributed by atoms with van der Waals surface area (Å²) in [7, 11) is 0. The van der Waals surface area contributed by atoms with E-state index in [1.54, 1.807) is 17.1 Å². The molecule has 0 unspecified atom stereocenters. The predicted molar refractivity (Wildman–Crippen MR) is 100 cm³/mol. The van der Waals surface area contributed by atoms with Crippen molar-refractivity contribution < 1.29 is 9.63 Å². The zero-order valence-corrected chi connectivity index (χ0v) is 14.0. The van der Waals surface area contributed by atoms with Gasteiger partial charge in [-0.1, -0.05) is 65.8 Å². The summed E-state index contributed by atoms with van der Waals surface area (Å²) >= 11 is 0. The highest BCUT2D eigenvalue weighted by atomic mass is 16.6. The molecule has 1 aliphatic rings. The summed E-state index contributed by atoms with van der Waals surface area (Å²) in [5, 5.41) is 4.27. The molecule has 0 atom stereocenters. The molecule has 3 rings (SSSR count). The second kappa shape index (κ2) is 7.62. The lowest BCUT2D eigenvalue weighted by atomic mass is 10.1. The highest BCUT2D eigenvalue weighted by Crippen LogP contribution is 2.36. The number of carbonyl (C=O) groups is 1. The van der Waals surface area contributed by atoms with Crippen LogP contribution in [0, 0.1) is 0 Å². The Hall–Kier alpha value is -3.14. The Morgan fingerprint density at radius 1 is 0.920 bits per heavy atom. The number of rotatable bonds is 7. The molecule has 4 nitrogen and oxygen atoms in total. The SMILES string of the molecule is C=CCN(CC=C)C(=O)CON=C1c2ccccc2-c2ccccc21. The Labute approximate surface area is 147 Å². The zero-order chi connectivity index (χ0) is 17.6. The van der Waals surface area contributed by atoms with Crippen LogP contribution in [0.3, 0.4) is 0 Å². The fourth-order valence-electron chi connectivity index (χ4n) is 2.93. The van der Waals surface area contributed by atoms with Crippen LogP contribution in [0.1, 0.15) is 11.1 Å². The van der Waals surface area contributed by atoms with Crippen molar-refractivity contribution in [3.63, 3.8) is 0 Å². The Kier molecular flexibility index (Phi) is 5.09. The minimum Gasteiger partial charge on any atom is -0.385 e. The van der Waals surface area contributed by atoms with Crippen molar-refractivity contribution in [1.29, 1.82) is 0 Å². The molecule has 0 saturated carbocycles. The van der Waals surface area contributed by atoms with Gasteiger partial charge in [-0.15, -0.1) is 13.2 Å². The van der Waals surface area contributed by atoms with E-state index in [0.717, 1.165) is 28.0 Å². The smallest absolute Gasteiger partial charge is 0.263 e. The number of fused-ring (bicyclic) bond motifs is 3. The molecule has 2 aromatic rings. The van der Waals surface area contributed by atoms with Gasteiger partial charge >= 0.3 is 0 Å². The number of hydrogen-bond acceptors (Lipinski definition) is 3. The maximum absolute atomic E-state index is 12.2. The Balaban J connectivity index is 1.79. The van der Waals surface area contributed by atoms with Crippen LogP contribution in [-0.2, 0) is 9.63 Å². The van der Waals surface area contributed by atoms with Crippen LogP contribution in [0.15, 0.2) is 79.0 Å². The summed E-state index contributed by atoms with van der Waals surface area (Å²) in [5.41, 5.74) is 5.06. The third-order valence-corrected chi connectivity index (χ3v) is 4.05. The summed E-state index contributed by atoms with van der Waals surface area (Å²) in [4.78, 5) is 19.2. The van der Waals surface area contributed by atoms with E-state index in [9.17, 15) is 4.79 Å². The molecule has 1 amide bonds. The van der Waals surface area contributed by atoms with E-state index in [-0.39, 0.29) is 12.5 Å². The average molecular weight is 332 g/mol. The zero-order valence-electron chi connectivity index (χ0n) is 14.0. The van der Waals surface area contributed by atoms with Gasteiger partial charge < -0.3 is 9.74 Å². The topological polar surface area (TPSA) is 41.9 Å². The summed E-state index contributed by atoms with van der Waals surface area (Å²) in [6, 6.07) is 16.1. The first-order valence-corrected chi connectivity index (χ1v) is 8.15. The van der Waals surface area contributed by atoms with Crippen LogP contribution >= 0.6 is 0 Å². The van der Waals surface area contributed by atoms with Gasteiger partial charge in [-0.05, 0) is 11.1 Å². The highest BCUT2D eigenvalue weighted by molar-refractivity contribution is 6.24. The second-order valence-corrected chi connectivity index (χ2v) is 5.68. The Bertz CT molecular complexity index is 782. The van der Waals surface area contributed by atoms with Crippen molar-refractivity contribution >= 4 is 11.6 Å². The number of benzene rings is 2. The predicted octanol–water partition coefficient (Wildman–Crippen LogP) is 3.64. The summed E-state index contributed by atoms with van der Waals surface area (Å²) in [6.07, 6.45) is 3.35. The van der Waals surface area contributed by atoms with Gasteiger partial charge in [0, 0.05) is 24.2 Å². The quantitative estimate of drug-likeness (QED) is 0.490. The van der Waals surface area contributed by atoms with Crippen molar-refractivity contribution in [3.8, 4) is 11.1 Å². The average Bonchev–Trinajstić information content (AvgIpc) is 2.96. The van der Waals surface area contributed by atoms with E-state index < -0.39 is 0 Å². The van der Waals surface area contributed by atoms with Crippen LogP contribution < -0.4 is 0 Å². The lowest BCUT2D eigenvalue weighted by Gasteiger charge is -2.18. The minimum absolute atomic E-state index is 0.116. The van der Waals surface area contributed by atoms with E-state index in [0.29, 0.717) is 13.1 Å². The van der Waals surface area contributed by atoms with Gasteiger partial charge in [0.2, 0.25) is 0 Å². The van der Waals surface area contributed by atoms with E-state index in [4.69, 9.17) is 4.84 Å². The van der Waals surface area contributed by atoms with Gasteiger partial charge in [0.05, 0.1) is 0 Å². The molecular formula is C21H20N2O2. The monoisotopic (exact) mass is 332 g/mol. The van der Waals surface area contributed by atoms with Crippen LogP contribution in [0.25, 0.3) is 11.1 Å². The van der Waals surface area contributed by atoms with Gasteiger partial charge in [-0.3, -0.25) is 4.79 Å². The molecule has 0 radical (unpaired) electrons. The van der Waals surface area contributed by atoms with Crippen molar-refractivity contribution in [1.82, 2.24) is 4.90 Å². The fourth-order valence-corrected chi connectivity index (χ4v) is 2.93. The van der Waals surface area contributed by atoms with E-state index in [2.05, 4.69) is 30.4 Å². The first-order valence-electron chi connectivity index (χ1n) is 8.15. The van der Waals surface area contributed by atoms with Gasteiger partial charge in [0.15, 0.2) is 6.61 Å². The lowest BCUT2D eigenvalue weighted by molar-refractivity contribution is -0.135. The van der Waals surface area contributed by atoms with E-state index >= 15 is 0 Å². The third-order valence-electron chi connectivity index (χ3n) is 4.05. The molecular weight excluding hydrogens is 312 g/mol. The normalized spacial score (nSPS) is 11.3. The number of nitrogens with zero attached hydrogens (tertiary/aromatic N) is 2. The molecule has 0 bridgehead atoms. The van der Waals surface area contributed by atoms with Crippen molar-refractivity contribution in [2.45, 2.75) is 0 Å². The molecule has 0 aliphatic heterocycles. The molecule has 2 aromatic carbocycles. The summed E-state index contributed by atoms with van der Waals surface area (Å²) in [5.74, 6) is -0.149. The first-order chi connectivity index (χ1) is 12.3. The van der Waals surface area contributed by atoms with Gasteiger partial charge in [-0.2, -0.15) is 0 Å². The molecule has 0 heterocycles. The summed E-state index contributed by atoms with van der Waals surface area (Å²) < 4.78 is 0. The fraction of sp³-hybridized carbons (Fsp3) is 0.143. The minimum atomic E-state index is -0.149. The Morgan fingerprint density at radius 2 is 1.40 bits per heavy atom. The van der Waals surface area contributed by atoms with Crippen molar-refractivity contribution in [2.75, 3.05) is 19.7 Å². The van der Waals surface area contributed by atoms with Gasteiger partial charge in [0.1, 0.15) is 5.71 Å². The number of oxime groups is 1. The molecule has 0 aromatic heterocycles. The number of hydrogen-bond donors (Lipinski definition) is 0. The highest BCUT2D eigenvalue weighted by Gasteiger charge is 2.24. The van der Waals surface area contributed by atoms with E-state index in [1.807, 2.05) is 36.4 Å². The van der Waals surface area contributed by atoms with Crippen LogP contribution in [-0.4, -0.2) is 36.2 Å². The third kappa shape index (κ3) is 3.38. The molecule has 0 spiro atoms. The van der Waals surface area contributed by atoms with Crippen LogP contribution in [0.4, 0.5) is 0 Å². The molecule has 1 aliphatic carbocycles. The molecule has 25 heavy (non-hydrogen) atoms. The second-order valence-electron chi connectivity index (χ2n) is 5.68. The van der Waals surface area contributed by atoms with Crippen LogP contribution in [0.2, 0.25) is 0 Å². The molecule has 0 N–H and O–H groups in total. The lowest BCUT2D eigenvalue weighted by Crippen LogP contribution is -2.34. The standard InChI is InChI=1S/C21H20N2O2/c1-3-13-23(14-4-2)20(24)15-25-22-21-18-11-7-5-9-16(18)17-10-6-8-12-19(17)21/h3-12H,1-2,13-15H2. The molecule has 126 valence electrons. The number of carbonyl (C=O) groups excluding carboxylic acids is 1. The number of amides is 1. The maximum atomic E-state index is 12.2. The molecule has 0 fully saturated rings. The summed E-state index contributed by atoms with van der Waals surface area (Å²) in [6.45, 7) is 8.12. The Morgan fingerprint density at radius 3 is 1.88 bits per heavy atom. The van der Waals surface area contributed by atoms with E-state index in [1.165, 1.54) is 0 Å². The van der Waals surface area contributed by atoms with Gasteiger partial charge in [-0.25, -0.2) is 0 Å². The largest absolute Gasteiger partial charge is 0.385 e. The van der Waals surface area contributed by atoms with Crippen molar-refractivity contribution in [3.05, 3.63) is 85.0 Å². The van der Waals surface area contributed by atoms with Crippen LogP contribution in [0.5, 0.6) is 0 Å².